The number of amidine groups is 2. The van der Waals surface area contributed by atoms with Crippen LogP contribution in [0.4, 0.5) is 5.69 Å². The molecule has 0 radical (unpaired) electrons. The first-order valence-electron chi connectivity index (χ1n) is 10.6. The van der Waals surface area contributed by atoms with Crippen molar-refractivity contribution in [3.63, 3.8) is 0 Å². The van der Waals surface area contributed by atoms with Gasteiger partial charge in [0.15, 0.2) is 10.3 Å². The van der Waals surface area contributed by atoms with E-state index in [0.717, 1.165) is 23.5 Å². The summed E-state index contributed by atoms with van der Waals surface area (Å²) in [5, 5.41) is 20.5. The van der Waals surface area contributed by atoms with Gasteiger partial charge in [0.1, 0.15) is 11.5 Å². The highest BCUT2D eigenvalue weighted by Gasteiger charge is 2.28. The number of para-hydroxylation sites is 1. The van der Waals surface area contributed by atoms with Crippen LogP contribution in [0.25, 0.3) is 17.4 Å². The number of benzene rings is 1. The molecule has 5 rings (SSSR count). The molecule has 2 aliphatic heterocycles. The number of rotatable bonds is 5. The number of thioether (sulfide) groups is 2. The molecule has 1 atom stereocenters. The van der Waals surface area contributed by atoms with Crippen molar-refractivity contribution in [2.45, 2.75) is 11.7 Å². The summed E-state index contributed by atoms with van der Waals surface area (Å²) in [4.78, 5) is 63.8. The molecule has 2 aromatic heterocycles. The van der Waals surface area contributed by atoms with Gasteiger partial charge in [0.25, 0.3) is 23.1 Å². The summed E-state index contributed by atoms with van der Waals surface area (Å²) in [6.07, 6.45) is 2.99. The van der Waals surface area contributed by atoms with E-state index in [9.17, 15) is 29.3 Å². The minimum atomic E-state index is -0.574. The molecule has 1 saturated heterocycles. The molecule has 194 valence electrons. The number of aromatic amines is 2. The lowest BCUT2D eigenvalue weighted by molar-refractivity contribution is -0.384. The standard InChI is InChI=1S/C14H9N3O4S.C8H8N4O3S/c15-14-16-13(18)12(22-14)7-8-5-6-11(21-8)9-3-1-2-4-10(9)17(19)20;9-7-11-6(14)4(16-7)1-3-2-10-8(15)12-5(3)13/h1-7H,(H2,15,16,18);2,4H,1H2,(H2,9,11,14)(H2,10,12,13,15)/b12-7-;. The quantitative estimate of drug-likeness (QED) is 0.173. The van der Waals surface area contributed by atoms with Crippen molar-refractivity contribution in [1.82, 2.24) is 15.3 Å². The number of aromatic nitrogens is 2. The summed E-state index contributed by atoms with van der Waals surface area (Å²) in [6.45, 7) is 0. The summed E-state index contributed by atoms with van der Waals surface area (Å²) < 4.78 is 5.56. The molecule has 1 unspecified atom stereocenters. The van der Waals surface area contributed by atoms with Crippen LogP contribution in [0.15, 0.2) is 66.5 Å². The third-order valence-corrected chi connectivity index (χ3v) is 6.80. The minimum Gasteiger partial charge on any atom is -0.456 e. The Hall–Kier alpha value is -4.70. The molecule has 1 fully saturated rings. The number of nitrogens with zero attached hydrogens (tertiary/aromatic N) is 2. The third-order valence-electron chi connectivity index (χ3n) is 4.99. The number of furan rings is 1. The maximum Gasteiger partial charge on any atom is 0.325 e. The van der Waals surface area contributed by atoms with Gasteiger partial charge in [0.2, 0.25) is 0 Å². The monoisotopic (exact) mass is 555 g/mol. The van der Waals surface area contributed by atoms with Crippen LogP contribution in [-0.2, 0) is 16.0 Å². The number of carbonyl (C=O) groups excluding carboxylic acids is 2. The van der Waals surface area contributed by atoms with Gasteiger partial charge in [-0.25, -0.2) is 4.79 Å². The predicted molar refractivity (Wildman–Crippen MR) is 142 cm³/mol. The molecule has 0 spiro atoms. The third kappa shape index (κ3) is 6.16. The molecule has 2 amide bonds. The van der Waals surface area contributed by atoms with Crippen LogP contribution in [0, 0.1) is 15.5 Å². The summed E-state index contributed by atoms with van der Waals surface area (Å²) in [5.41, 5.74) is 4.96. The zero-order chi connectivity index (χ0) is 27.4. The lowest BCUT2D eigenvalue weighted by Gasteiger charge is -2.04. The van der Waals surface area contributed by atoms with E-state index in [0.29, 0.717) is 27.6 Å². The molecule has 0 bridgehead atoms. The molecule has 38 heavy (non-hydrogen) atoms. The Kier molecular flexibility index (Phi) is 7.73. The van der Waals surface area contributed by atoms with E-state index in [1.807, 2.05) is 0 Å². The van der Waals surface area contributed by atoms with Crippen LogP contribution >= 0.6 is 23.5 Å². The van der Waals surface area contributed by atoms with Gasteiger partial charge in [0.05, 0.1) is 20.6 Å². The number of hydrogen-bond acceptors (Lipinski definition) is 11. The molecular weight excluding hydrogens is 538 g/mol. The second-order valence-corrected chi connectivity index (χ2v) is 9.84. The zero-order valence-corrected chi connectivity index (χ0v) is 20.7. The smallest absolute Gasteiger partial charge is 0.325 e. The summed E-state index contributed by atoms with van der Waals surface area (Å²) in [7, 11) is 0. The van der Waals surface area contributed by atoms with Crippen LogP contribution in [0.3, 0.4) is 0 Å². The van der Waals surface area contributed by atoms with Gasteiger partial charge < -0.3 is 20.5 Å². The fraction of sp³-hybridized carbons (Fsp3) is 0.0909. The normalized spacial score (nSPS) is 17.7. The number of amides is 2. The largest absolute Gasteiger partial charge is 0.456 e. The van der Waals surface area contributed by atoms with Crippen molar-refractivity contribution in [1.29, 1.82) is 5.41 Å². The Morgan fingerprint density at radius 3 is 2.58 bits per heavy atom. The number of H-pyrrole nitrogens is 2. The Morgan fingerprint density at radius 2 is 1.95 bits per heavy atom. The van der Waals surface area contributed by atoms with Gasteiger partial charge >= 0.3 is 5.69 Å². The van der Waals surface area contributed by atoms with Crippen LogP contribution in [0.2, 0.25) is 0 Å². The summed E-state index contributed by atoms with van der Waals surface area (Å²) in [6, 6.07) is 9.49. The van der Waals surface area contributed by atoms with E-state index in [2.05, 4.69) is 20.3 Å². The SMILES string of the molecule is N=C1NC(=O)/C(=C/c2ccc(-c3ccccc3[N+](=O)[O-])o2)S1.NC1=NC(=O)C(Cc2c[nH]c(=O)[nH]c2=O)S1. The molecule has 1 aromatic carbocycles. The van der Waals surface area contributed by atoms with E-state index in [1.165, 1.54) is 18.3 Å². The molecule has 14 nitrogen and oxygen atoms in total. The fourth-order valence-electron chi connectivity index (χ4n) is 3.31. The number of carbonyl (C=O) groups is 2. The maximum absolute atomic E-state index is 11.5. The zero-order valence-electron chi connectivity index (χ0n) is 19.0. The molecule has 2 aliphatic rings. The molecule has 4 heterocycles. The van der Waals surface area contributed by atoms with Gasteiger partial charge in [-0.1, -0.05) is 23.9 Å². The Labute approximate surface area is 220 Å². The topological polar surface area (TPSA) is 230 Å². The summed E-state index contributed by atoms with van der Waals surface area (Å²) in [5.74, 6) is 0.0184. The van der Waals surface area contributed by atoms with Gasteiger partial charge in [0, 0.05) is 30.3 Å². The van der Waals surface area contributed by atoms with E-state index >= 15 is 0 Å². The Balaban J connectivity index is 0.000000186. The van der Waals surface area contributed by atoms with Crippen molar-refractivity contribution in [3.05, 3.63) is 89.8 Å². The molecule has 16 heteroatoms. The van der Waals surface area contributed by atoms with Crippen molar-refractivity contribution in [3.8, 4) is 11.3 Å². The maximum atomic E-state index is 11.5. The van der Waals surface area contributed by atoms with Crippen LogP contribution in [0.1, 0.15) is 11.3 Å². The van der Waals surface area contributed by atoms with Crippen molar-refractivity contribution < 1.29 is 18.9 Å². The number of nitro benzene ring substituents is 1. The van der Waals surface area contributed by atoms with Gasteiger partial charge in [-0.2, -0.15) is 4.99 Å². The Bertz CT molecular complexity index is 1640. The molecule has 3 aromatic rings. The van der Waals surface area contributed by atoms with E-state index in [-0.39, 0.29) is 34.3 Å². The molecule has 0 aliphatic carbocycles. The predicted octanol–water partition coefficient (Wildman–Crippen LogP) is 1.56. The first kappa shape index (κ1) is 26.4. The number of nitro groups is 1. The van der Waals surface area contributed by atoms with Crippen LogP contribution in [0.5, 0.6) is 0 Å². The van der Waals surface area contributed by atoms with E-state index in [4.69, 9.17) is 15.6 Å². The number of nitrogens with one attached hydrogen (secondary N) is 4. The Morgan fingerprint density at radius 1 is 1.18 bits per heavy atom. The van der Waals surface area contributed by atoms with Crippen molar-refractivity contribution >= 4 is 57.4 Å². The average Bonchev–Trinajstić information content (AvgIpc) is 3.54. The second kappa shape index (κ2) is 11.1. The highest BCUT2D eigenvalue weighted by Crippen LogP contribution is 2.32. The van der Waals surface area contributed by atoms with E-state index in [1.54, 1.807) is 30.3 Å². The fourth-order valence-corrected chi connectivity index (χ4v) is 4.84. The number of nitrogens with two attached hydrogens (primary N) is 1. The average molecular weight is 556 g/mol. The first-order valence-corrected chi connectivity index (χ1v) is 12.3. The van der Waals surface area contributed by atoms with Gasteiger partial charge in [-0.15, -0.1) is 0 Å². The minimum absolute atomic E-state index is 0.0502. The van der Waals surface area contributed by atoms with Crippen molar-refractivity contribution in [2.24, 2.45) is 10.7 Å². The highest BCUT2D eigenvalue weighted by molar-refractivity contribution is 8.18. The van der Waals surface area contributed by atoms with Crippen LogP contribution in [-0.4, -0.2) is 42.3 Å². The lowest BCUT2D eigenvalue weighted by Crippen LogP contribution is -2.27. The highest BCUT2D eigenvalue weighted by atomic mass is 32.2. The number of hydrogen-bond donors (Lipinski definition) is 5. The van der Waals surface area contributed by atoms with Crippen LogP contribution < -0.4 is 22.3 Å². The molecule has 0 saturated carbocycles. The lowest BCUT2D eigenvalue weighted by atomic mass is 10.1. The van der Waals surface area contributed by atoms with Gasteiger partial charge in [-0.05, 0) is 30.0 Å². The van der Waals surface area contributed by atoms with E-state index < -0.39 is 21.4 Å². The van der Waals surface area contributed by atoms with Crippen molar-refractivity contribution in [2.75, 3.05) is 0 Å². The van der Waals surface area contributed by atoms with Gasteiger partial charge in [-0.3, -0.25) is 34.9 Å². The summed E-state index contributed by atoms with van der Waals surface area (Å²) >= 11 is 2.11. The number of aliphatic imine (C=N–C) groups is 1. The first-order chi connectivity index (χ1) is 18.1. The molecule has 6 N–H and O–H groups in total. The second-order valence-electron chi connectivity index (χ2n) is 7.57. The molecular formula is C22H17N7O7S2.